The van der Waals surface area contributed by atoms with Gasteiger partial charge in [0.05, 0.1) is 17.6 Å². The van der Waals surface area contributed by atoms with E-state index in [4.69, 9.17) is 18.0 Å². The number of benzene rings is 1. The zero-order chi connectivity index (χ0) is 23.0. The van der Waals surface area contributed by atoms with Gasteiger partial charge in [-0.2, -0.15) is 5.10 Å². The topological polar surface area (TPSA) is 105 Å². The molecule has 32 heavy (non-hydrogen) atoms. The van der Waals surface area contributed by atoms with E-state index in [-0.39, 0.29) is 23.1 Å². The Kier molecular flexibility index (Phi) is 5.94. The van der Waals surface area contributed by atoms with Crippen molar-refractivity contribution in [3.63, 3.8) is 0 Å². The fraction of sp³-hybridized carbons (Fsp3) is 0.478. The van der Waals surface area contributed by atoms with Gasteiger partial charge in [-0.1, -0.05) is 0 Å². The molecule has 9 heteroatoms. The predicted octanol–water partition coefficient (Wildman–Crippen LogP) is 3.01. The van der Waals surface area contributed by atoms with Gasteiger partial charge in [-0.25, -0.2) is 0 Å². The second-order valence-corrected chi connectivity index (χ2v) is 9.54. The van der Waals surface area contributed by atoms with Crippen LogP contribution in [0.3, 0.4) is 0 Å². The maximum atomic E-state index is 13.1. The molecule has 1 saturated heterocycles. The molecule has 0 unspecified atom stereocenters. The van der Waals surface area contributed by atoms with Crippen LogP contribution in [0, 0.1) is 5.41 Å². The lowest BCUT2D eigenvalue weighted by Gasteiger charge is -2.43. The Balaban J connectivity index is 1.43. The molecule has 2 heterocycles. The summed E-state index contributed by atoms with van der Waals surface area (Å²) in [6.45, 7) is 5.34. The van der Waals surface area contributed by atoms with E-state index in [1.165, 1.54) is 0 Å². The van der Waals surface area contributed by atoms with Gasteiger partial charge in [0, 0.05) is 43.7 Å². The van der Waals surface area contributed by atoms with Crippen molar-refractivity contribution in [2.24, 2.45) is 5.41 Å². The Morgan fingerprint density at radius 2 is 1.97 bits per heavy atom. The maximum Gasteiger partial charge on any atom is 0.253 e. The highest BCUT2D eigenvalue weighted by molar-refractivity contribution is 7.80. The number of thiocarbonyl (C=S) groups is 1. The Hall–Kier alpha value is -2.94. The molecule has 4 rings (SSSR count). The average molecular weight is 455 g/mol. The summed E-state index contributed by atoms with van der Waals surface area (Å²) >= 11 is 5.11. The van der Waals surface area contributed by atoms with Crippen LogP contribution in [0.4, 0.5) is 11.4 Å². The zero-order valence-corrected chi connectivity index (χ0v) is 19.6. The van der Waals surface area contributed by atoms with Crippen LogP contribution < -0.4 is 16.4 Å². The zero-order valence-electron chi connectivity index (χ0n) is 18.8. The van der Waals surface area contributed by atoms with Crippen molar-refractivity contribution in [2.45, 2.75) is 45.6 Å². The van der Waals surface area contributed by atoms with Crippen LogP contribution in [0.25, 0.3) is 0 Å². The molecule has 1 aliphatic heterocycles. The number of rotatable bonds is 3. The van der Waals surface area contributed by atoms with E-state index in [1.54, 1.807) is 25.2 Å². The fourth-order valence-electron chi connectivity index (χ4n) is 4.83. The number of nitrogens with one attached hydrogen (secondary N) is 2. The number of likely N-dealkylation sites (tertiary alicyclic amines) is 1. The highest BCUT2D eigenvalue weighted by Gasteiger charge is 2.43. The molecule has 0 atom stereocenters. The second kappa shape index (κ2) is 8.54. The van der Waals surface area contributed by atoms with Crippen LogP contribution in [0.2, 0.25) is 0 Å². The smallest absolute Gasteiger partial charge is 0.253 e. The van der Waals surface area contributed by atoms with E-state index in [9.17, 15) is 9.59 Å². The summed E-state index contributed by atoms with van der Waals surface area (Å²) in [7, 11) is 1.73. The molecule has 2 aliphatic rings. The number of carbonyl (C=O) groups excluding carboxylic acids is 2. The Bertz CT molecular complexity index is 1070. The number of aromatic nitrogens is 2. The van der Waals surface area contributed by atoms with Gasteiger partial charge >= 0.3 is 0 Å². The molecule has 1 aromatic heterocycles. The quantitative estimate of drug-likeness (QED) is 0.484. The van der Waals surface area contributed by atoms with Gasteiger partial charge in [-0.15, -0.1) is 0 Å². The Morgan fingerprint density at radius 1 is 1.25 bits per heavy atom. The van der Waals surface area contributed by atoms with Crippen molar-refractivity contribution in [2.75, 3.05) is 31.2 Å². The van der Waals surface area contributed by atoms with Crippen molar-refractivity contribution < 1.29 is 9.59 Å². The lowest BCUT2D eigenvalue weighted by atomic mass is 9.67. The number of Topliss-reactive ketones (excluding diaryl/α,β-unsaturated/α-hetero) is 1. The van der Waals surface area contributed by atoms with E-state index in [0.717, 1.165) is 30.5 Å². The molecule has 1 amide bonds. The third-order valence-corrected chi connectivity index (χ3v) is 6.92. The number of fused-ring (bicyclic) bond motifs is 1. The van der Waals surface area contributed by atoms with Crippen LogP contribution in [-0.4, -0.2) is 51.6 Å². The van der Waals surface area contributed by atoms with Crippen molar-refractivity contribution in [3.05, 3.63) is 41.2 Å². The summed E-state index contributed by atoms with van der Waals surface area (Å²) in [4.78, 5) is 27.9. The summed E-state index contributed by atoms with van der Waals surface area (Å²) < 4.78 is 1.84. The molecule has 1 spiro atoms. The van der Waals surface area contributed by atoms with Crippen LogP contribution in [0.15, 0.2) is 24.4 Å². The molecule has 1 aromatic carbocycles. The highest BCUT2D eigenvalue weighted by Crippen LogP contribution is 2.44. The van der Waals surface area contributed by atoms with Gasteiger partial charge in [0.2, 0.25) is 0 Å². The van der Waals surface area contributed by atoms with E-state index in [2.05, 4.69) is 15.7 Å². The Labute approximate surface area is 193 Å². The number of anilines is 2. The maximum absolute atomic E-state index is 13.1. The molecule has 0 bridgehead atoms. The van der Waals surface area contributed by atoms with Gasteiger partial charge in [0.25, 0.3) is 5.91 Å². The summed E-state index contributed by atoms with van der Waals surface area (Å²) in [5.74, 6) is 0.136. The number of hydrogen-bond donors (Lipinski definition) is 3. The SMILES string of the molecule is CNC(=S)Nc1ccc(C(=O)N2CCC3(CC2)CC(=O)c2c(cnn2C(C)C)C3)cc1N. The highest BCUT2D eigenvalue weighted by atomic mass is 32.1. The third-order valence-electron chi connectivity index (χ3n) is 6.61. The third kappa shape index (κ3) is 4.09. The van der Waals surface area contributed by atoms with Crippen LogP contribution in [0.5, 0.6) is 0 Å². The number of nitrogens with zero attached hydrogens (tertiary/aromatic N) is 3. The lowest BCUT2D eigenvalue weighted by molar-refractivity contribution is 0.0517. The molecule has 4 N–H and O–H groups in total. The second-order valence-electron chi connectivity index (χ2n) is 9.13. The number of amides is 1. The molecule has 1 aliphatic carbocycles. The minimum Gasteiger partial charge on any atom is -0.397 e. The normalized spacial score (nSPS) is 17.4. The molecule has 170 valence electrons. The van der Waals surface area contributed by atoms with Crippen LogP contribution in [0.1, 0.15) is 65.6 Å². The number of ketones is 1. The van der Waals surface area contributed by atoms with Gasteiger partial charge in [-0.05, 0) is 68.9 Å². The number of hydrogen-bond acceptors (Lipinski definition) is 5. The molecule has 1 fully saturated rings. The van der Waals surface area contributed by atoms with E-state index < -0.39 is 0 Å². The fourth-order valence-corrected chi connectivity index (χ4v) is 4.94. The largest absolute Gasteiger partial charge is 0.397 e. The summed E-state index contributed by atoms with van der Waals surface area (Å²) in [6, 6.07) is 5.38. The first-order valence-electron chi connectivity index (χ1n) is 11.0. The van der Waals surface area contributed by atoms with Crippen molar-refractivity contribution >= 4 is 40.4 Å². The molecular weight excluding hydrogens is 424 g/mol. The summed E-state index contributed by atoms with van der Waals surface area (Å²) in [5, 5.41) is 10.7. The van der Waals surface area contributed by atoms with E-state index >= 15 is 0 Å². The first-order chi connectivity index (χ1) is 15.2. The van der Waals surface area contributed by atoms with Crippen molar-refractivity contribution in [1.29, 1.82) is 0 Å². The van der Waals surface area contributed by atoms with Crippen molar-refractivity contribution in [3.8, 4) is 0 Å². The van der Waals surface area contributed by atoms with Gasteiger partial charge in [0.15, 0.2) is 10.9 Å². The molecule has 8 nitrogen and oxygen atoms in total. The van der Waals surface area contributed by atoms with E-state index in [1.807, 2.05) is 29.6 Å². The molecule has 2 aromatic rings. The van der Waals surface area contributed by atoms with Gasteiger partial charge in [0.1, 0.15) is 5.69 Å². The minimum atomic E-state index is -0.0820. The van der Waals surface area contributed by atoms with E-state index in [0.29, 0.717) is 41.6 Å². The lowest BCUT2D eigenvalue weighted by Crippen LogP contribution is -2.46. The molecular formula is C23H30N6O2S. The first-order valence-corrected chi connectivity index (χ1v) is 11.4. The molecule has 0 saturated carbocycles. The summed E-state index contributed by atoms with van der Waals surface area (Å²) in [5.41, 5.74) is 9.54. The Morgan fingerprint density at radius 3 is 2.59 bits per heavy atom. The minimum absolute atomic E-state index is 0.0373. The van der Waals surface area contributed by atoms with Crippen LogP contribution in [-0.2, 0) is 6.42 Å². The number of nitrogen functional groups attached to an aromatic ring is 1. The van der Waals surface area contributed by atoms with Crippen molar-refractivity contribution in [1.82, 2.24) is 20.0 Å². The first kappa shape index (κ1) is 22.3. The monoisotopic (exact) mass is 454 g/mol. The summed E-state index contributed by atoms with van der Waals surface area (Å²) in [6.07, 6.45) is 4.84. The van der Waals surface area contributed by atoms with Gasteiger partial charge in [-0.3, -0.25) is 14.3 Å². The standard InChI is InChI=1S/C23H30N6O2S/c1-14(2)29-20-16(13-26-29)11-23(12-19(20)30)6-8-28(9-7-23)21(31)15-4-5-18(17(24)10-15)27-22(32)25-3/h4-5,10,13-14H,6-9,11-12,24H2,1-3H3,(H2,25,27,32). The van der Waals surface area contributed by atoms with Crippen LogP contribution >= 0.6 is 12.2 Å². The molecule has 0 radical (unpaired) electrons. The average Bonchev–Trinajstić information content (AvgIpc) is 3.19. The van der Waals surface area contributed by atoms with Gasteiger partial charge < -0.3 is 21.3 Å². The number of nitrogens with two attached hydrogens (primary N) is 1. The predicted molar refractivity (Wildman–Crippen MR) is 129 cm³/mol. The number of piperidine rings is 1. The number of carbonyl (C=O) groups is 2.